The molecule has 2 aromatic heterocycles. The van der Waals surface area contributed by atoms with Crippen LogP contribution in [0.2, 0.25) is 5.02 Å². The van der Waals surface area contributed by atoms with Crippen LogP contribution in [0.5, 0.6) is 5.75 Å². The molecule has 108 valence electrons. The lowest BCUT2D eigenvalue weighted by atomic mass is 10.2. The minimum absolute atomic E-state index is 0.181. The maximum Gasteiger partial charge on any atom is 0.120 e. The average molecular weight is 301 g/mol. The molecule has 0 saturated carbocycles. The molecule has 0 radical (unpaired) electrons. The fourth-order valence-corrected chi connectivity index (χ4v) is 2.56. The lowest BCUT2D eigenvalue weighted by molar-refractivity contribution is 0.243. The van der Waals surface area contributed by atoms with E-state index in [-0.39, 0.29) is 6.10 Å². The van der Waals surface area contributed by atoms with Gasteiger partial charge in [0.05, 0.1) is 11.1 Å². The number of benzene rings is 1. The highest BCUT2D eigenvalue weighted by molar-refractivity contribution is 6.31. The van der Waals surface area contributed by atoms with Crippen molar-refractivity contribution in [2.45, 2.75) is 26.5 Å². The van der Waals surface area contributed by atoms with E-state index in [1.807, 2.05) is 26.0 Å². The van der Waals surface area contributed by atoms with E-state index in [0.29, 0.717) is 5.02 Å². The molecule has 1 aromatic carbocycles. The van der Waals surface area contributed by atoms with Gasteiger partial charge in [-0.15, -0.1) is 0 Å². The van der Waals surface area contributed by atoms with Gasteiger partial charge in [-0.25, -0.2) is 0 Å². The van der Waals surface area contributed by atoms with Gasteiger partial charge in [-0.05, 0) is 49.7 Å². The predicted octanol–water partition coefficient (Wildman–Crippen LogP) is 4.53. The number of rotatable bonds is 4. The average Bonchev–Trinajstić information content (AvgIpc) is 2.83. The van der Waals surface area contributed by atoms with Gasteiger partial charge in [0.1, 0.15) is 5.75 Å². The van der Waals surface area contributed by atoms with E-state index in [0.717, 1.165) is 17.9 Å². The molecule has 2 heterocycles. The molecule has 3 aromatic rings. The first-order chi connectivity index (χ1) is 10.1. The van der Waals surface area contributed by atoms with Gasteiger partial charge in [-0.3, -0.25) is 4.98 Å². The third-order valence-electron chi connectivity index (χ3n) is 3.31. The number of ether oxygens (including phenoxy) is 1. The number of hydrogen-bond donors (Lipinski definition) is 0. The first-order valence-electron chi connectivity index (χ1n) is 6.97. The first-order valence-corrected chi connectivity index (χ1v) is 7.35. The molecule has 21 heavy (non-hydrogen) atoms. The summed E-state index contributed by atoms with van der Waals surface area (Å²) in [5.41, 5.74) is 2.23. The minimum atomic E-state index is 0.181. The zero-order valence-corrected chi connectivity index (χ0v) is 12.8. The van der Waals surface area contributed by atoms with E-state index < -0.39 is 0 Å². The minimum Gasteiger partial charge on any atom is -0.491 e. The van der Waals surface area contributed by atoms with Crippen molar-refractivity contribution >= 4 is 22.5 Å². The summed E-state index contributed by atoms with van der Waals surface area (Å²) in [6, 6.07) is 10.2. The van der Waals surface area contributed by atoms with Crippen molar-refractivity contribution in [1.29, 1.82) is 0 Å². The van der Waals surface area contributed by atoms with Gasteiger partial charge in [-0.2, -0.15) is 0 Å². The number of nitrogens with zero attached hydrogens (tertiary/aromatic N) is 2. The number of aromatic nitrogens is 2. The summed E-state index contributed by atoms with van der Waals surface area (Å²) in [5, 5.41) is 1.86. The van der Waals surface area contributed by atoms with Crippen LogP contribution < -0.4 is 4.74 Å². The molecule has 0 spiro atoms. The predicted molar refractivity (Wildman–Crippen MR) is 86.1 cm³/mol. The number of pyridine rings is 1. The molecule has 0 N–H and O–H groups in total. The highest BCUT2D eigenvalue weighted by atomic mass is 35.5. The summed E-state index contributed by atoms with van der Waals surface area (Å²) >= 11 is 6.18. The van der Waals surface area contributed by atoms with Crippen molar-refractivity contribution < 1.29 is 4.74 Å². The van der Waals surface area contributed by atoms with Gasteiger partial charge in [0.15, 0.2) is 0 Å². The zero-order valence-electron chi connectivity index (χ0n) is 12.1. The summed E-state index contributed by atoms with van der Waals surface area (Å²) in [6.45, 7) is 4.79. The van der Waals surface area contributed by atoms with Crippen LogP contribution in [0.25, 0.3) is 10.9 Å². The summed E-state index contributed by atoms with van der Waals surface area (Å²) in [6.07, 6.45) is 5.69. The van der Waals surface area contributed by atoms with E-state index in [4.69, 9.17) is 16.3 Å². The number of fused-ring (bicyclic) bond motifs is 1. The van der Waals surface area contributed by atoms with Crippen molar-refractivity contribution in [1.82, 2.24) is 9.55 Å². The molecule has 0 saturated heterocycles. The van der Waals surface area contributed by atoms with Crippen LogP contribution in [-0.2, 0) is 6.54 Å². The summed E-state index contributed by atoms with van der Waals surface area (Å²) < 4.78 is 7.91. The highest BCUT2D eigenvalue weighted by Gasteiger charge is 2.06. The smallest absolute Gasteiger partial charge is 0.120 e. The Morgan fingerprint density at radius 1 is 1.24 bits per heavy atom. The summed E-state index contributed by atoms with van der Waals surface area (Å²) in [4.78, 5) is 4.02. The molecular formula is C17H17ClN2O. The molecular weight excluding hydrogens is 284 g/mol. The Morgan fingerprint density at radius 3 is 2.86 bits per heavy atom. The highest BCUT2D eigenvalue weighted by Crippen LogP contribution is 2.24. The van der Waals surface area contributed by atoms with Crippen LogP contribution in [0.15, 0.2) is 48.9 Å². The first kappa shape index (κ1) is 14.0. The second-order valence-corrected chi connectivity index (χ2v) is 5.71. The third-order valence-corrected chi connectivity index (χ3v) is 3.65. The molecule has 3 nitrogen and oxygen atoms in total. The number of hydrogen-bond acceptors (Lipinski definition) is 2. The standard InChI is InChI=1S/C17H17ClN2O/c1-12(2)21-15-3-4-17-13(9-15)6-8-20(17)11-14-5-7-19-10-16(14)18/h3-10,12H,11H2,1-2H3. The molecule has 0 aliphatic rings. The van der Waals surface area contributed by atoms with Gasteiger partial charge in [0.25, 0.3) is 0 Å². The lowest BCUT2D eigenvalue weighted by Gasteiger charge is -2.10. The normalized spacial score (nSPS) is 11.2. The SMILES string of the molecule is CC(C)Oc1ccc2c(ccn2Cc2ccncc2Cl)c1. The molecule has 0 amide bonds. The molecule has 3 rings (SSSR count). The molecule has 0 aliphatic carbocycles. The van der Waals surface area contributed by atoms with E-state index in [1.54, 1.807) is 12.4 Å². The van der Waals surface area contributed by atoms with Gasteiger partial charge in [0, 0.05) is 36.0 Å². The third kappa shape index (κ3) is 3.03. The Kier molecular flexibility index (Phi) is 3.84. The van der Waals surface area contributed by atoms with Crippen molar-refractivity contribution in [2.75, 3.05) is 0 Å². The van der Waals surface area contributed by atoms with Crippen LogP contribution in [0.1, 0.15) is 19.4 Å². The molecule has 0 aliphatic heterocycles. The lowest BCUT2D eigenvalue weighted by Crippen LogP contribution is -2.05. The maximum absolute atomic E-state index is 6.18. The van der Waals surface area contributed by atoms with Gasteiger partial charge in [0.2, 0.25) is 0 Å². The summed E-state index contributed by atoms with van der Waals surface area (Å²) in [5.74, 6) is 0.900. The van der Waals surface area contributed by atoms with Crippen LogP contribution in [0.4, 0.5) is 0 Å². The van der Waals surface area contributed by atoms with Crippen LogP contribution in [0.3, 0.4) is 0 Å². The Morgan fingerprint density at radius 2 is 2.10 bits per heavy atom. The monoisotopic (exact) mass is 300 g/mol. The second kappa shape index (κ2) is 5.78. The quantitative estimate of drug-likeness (QED) is 0.708. The van der Waals surface area contributed by atoms with Gasteiger partial charge in [-0.1, -0.05) is 11.6 Å². The topological polar surface area (TPSA) is 27.1 Å². The molecule has 0 fully saturated rings. The van der Waals surface area contributed by atoms with Gasteiger partial charge < -0.3 is 9.30 Å². The van der Waals surface area contributed by atoms with Crippen molar-refractivity contribution in [3.8, 4) is 5.75 Å². The Bertz CT molecular complexity index is 764. The van der Waals surface area contributed by atoms with Crippen LogP contribution in [-0.4, -0.2) is 15.7 Å². The number of halogens is 1. The second-order valence-electron chi connectivity index (χ2n) is 5.30. The Labute approximate surface area is 129 Å². The van der Waals surface area contributed by atoms with Crippen molar-refractivity contribution in [3.63, 3.8) is 0 Å². The van der Waals surface area contributed by atoms with Gasteiger partial charge >= 0.3 is 0 Å². The maximum atomic E-state index is 6.18. The Hall–Kier alpha value is -2.00. The zero-order chi connectivity index (χ0) is 14.8. The van der Waals surface area contributed by atoms with Crippen LogP contribution >= 0.6 is 11.6 Å². The van der Waals surface area contributed by atoms with Crippen molar-refractivity contribution in [3.05, 3.63) is 59.5 Å². The molecule has 4 heteroatoms. The van der Waals surface area contributed by atoms with E-state index >= 15 is 0 Å². The Balaban J connectivity index is 1.92. The molecule has 0 unspecified atom stereocenters. The summed E-state index contributed by atoms with van der Waals surface area (Å²) in [7, 11) is 0. The van der Waals surface area contributed by atoms with E-state index in [2.05, 4.69) is 33.9 Å². The fourth-order valence-electron chi connectivity index (χ4n) is 2.38. The van der Waals surface area contributed by atoms with Crippen molar-refractivity contribution in [2.24, 2.45) is 0 Å². The van der Waals surface area contributed by atoms with E-state index in [1.165, 1.54) is 10.9 Å². The van der Waals surface area contributed by atoms with Crippen LogP contribution in [0, 0.1) is 0 Å². The molecule has 0 atom stereocenters. The molecule has 0 bridgehead atoms. The largest absolute Gasteiger partial charge is 0.491 e. The fraction of sp³-hybridized carbons (Fsp3) is 0.235. The van der Waals surface area contributed by atoms with E-state index in [9.17, 15) is 0 Å².